The molecule has 1 N–H and O–H groups in total. The Hall–Kier alpha value is -0.430. The second kappa shape index (κ2) is 7.54. The van der Waals surface area contributed by atoms with Crippen LogP contribution in [0.5, 0.6) is 0 Å². The van der Waals surface area contributed by atoms with Gasteiger partial charge < -0.3 is 10.2 Å². The van der Waals surface area contributed by atoms with Gasteiger partial charge in [0.15, 0.2) is 0 Å². The number of amides is 1. The van der Waals surface area contributed by atoms with E-state index in [1.165, 1.54) is 0 Å². The van der Waals surface area contributed by atoms with Crippen molar-refractivity contribution in [3.05, 3.63) is 32.7 Å². The molecule has 0 aliphatic carbocycles. The number of benzene rings is 1. The Morgan fingerprint density at radius 3 is 2.65 bits per heavy atom. The second-order valence-corrected chi connectivity index (χ2v) is 6.79. The molecular weight excluding hydrogens is 386 g/mol. The van der Waals surface area contributed by atoms with Crippen LogP contribution in [0.2, 0.25) is 0 Å². The van der Waals surface area contributed by atoms with E-state index in [4.69, 9.17) is 0 Å². The van der Waals surface area contributed by atoms with Gasteiger partial charge in [0.25, 0.3) is 5.91 Å². The van der Waals surface area contributed by atoms with Crippen LogP contribution in [0.15, 0.2) is 27.1 Å². The lowest BCUT2D eigenvalue weighted by Gasteiger charge is -2.32. The fraction of sp³-hybridized carbons (Fsp3) is 0.500. The Labute approximate surface area is 136 Å². The highest BCUT2D eigenvalue weighted by Gasteiger charge is 2.14. The average molecular weight is 405 g/mol. The molecule has 0 bridgehead atoms. The van der Waals surface area contributed by atoms with E-state index in [1.807, 2.05) is 18.2 Å². The lowest BCUT2D eigenvalue weighted by Crippen LogP contribution is -2.46. The van der Waals surface area contributed by atoms with Crippen molar-refractivity contribution >= 4 is 37.8 Å². The second-order valence-electron chi connectivity index (χ2n) is 5.02. The SMILES string of the molecule is CN1CCN(CCNC(=O)c2cc(Br)ccc2Br)CC1. The first-order valence-corrected chi connectivity index (χ1v) is 8.29. The van der Waals surface area contributed by atoms with Gasteiger partial charge in [0, 0.05) is 48.2 Å². The molecule has 0 aromatic heterocycles. The molecule has 1 aliphatic heterocycles. The zero-order chi connectivity index (χ0) is 14.5. The molecule has 0 atom stereocenters. The summed E-state index contributed by atoms with van der Waals surface area (Å²) >= 11 is 6.80. The van der Waals surface area contributed by atoms with Crippen LogP contribution < -0.4 is 5.32 Å². The van der Waals surface area contributed by atoms with Crippen molar-refractivity contribution in [1.82, 2.24) is 15.1 Å². The minimum absolute atomic E-state index is 0.0349. The van der Waals surface area contributed by atoms with Crippen LogP contribution in [-0.2, 0) is 0 Å². The highest BCUT2D eigenvalue weighted by Crippen LogP contribution is 2.21. The first-order valence-electron chi connectivity index (χ1n) is 6.70. The molecule has 1 saturated heterocycles. The van der Waals surface area contributed by atoms with E-state index < -0.39 is 0 Å². The number of halogens is 2. The molecule has 1 aromatic rings. The molecule has 6 heteroatoms. The van der Waals surface area contributed by atoms with Gasteiger partial charge in [-0.15, -0.1) is 0 Å². The molecule has 1 fully saturated rings. The summed E-state index contributed by atoms with van der Waals surface area (Å²) in [5.74, 6) is -0.0349. The van der Waals surface area contributed by atoms with Crippen molar-refractivity contribution in [2.75, 3.05) is 46.3 Å². The molecule has 0 unspecified atom stereocenters. The number of carbonyl (C=O) groups excluding carboxylic acids is 1. The summed E-state index contributed by atoms with van der Waals surface area (Å²) in [4.78, 5) is 16.8. The number of likely N-dealkylation sites (N-methyl/N-ethyl adjacent to an activating group) is 1. The molecule has 0 radical (unpaired) electrons. The molecule has 1 heterocycles. The van der Waals surface area contributed by atoms with Crippen LogP contribution >= 0.6 is 31.9 Å². The lowest BCUT2D eigenvalue weighted by atomic mass is 10.2. The van der Waals surface area contributed by atoms with Crippen molar-refractivity contribution < 1.29 is 4.79 Å². The van der Waals surface area contributed by atoms with Gasteiger partial charge in [-0.05, 0) is 41.2 Å². The fourth-order valence-corrected chi connectivity index (χ4v) is 2.95. The van der Waals surface area contributed by atoms with Crippen molar-refractivity contribution in [2.45, 2.75) is 0 Å². The van der Waals surface area contributed by atoms with E-state index in [1.54, 1.807) is 0 Å². The highest BCUT2D eigenvalue weighted by atomic mass is 79.9. The molecule has 110 valence electrons. The molecule has 1 aromatic carbocycles. The van der Waals surface area contributed by atoms with Gasteiger partial charge >= 0.3 is 0 Å². The molecule has 0 spiro atoms. The van der Waals surface area contributed by atoms with Gasteiger partial charge in [0.05, 0.1) is 5.56 Å². The fourth-order valence-electron chi connectivity index (χ4n) is 2.17. The monoisotopic (exact) mass is 403 g/mol. The summed E-state index contributed by atoms with van der Waals surface area (Å²) < 4.78 is 1.72. The maximum atomic E-state index is 12.1. The van der Waals surface area contributed by atoms with E-state index in [2.05, 4.69) is 54.0 Å². The first kappa shape index (κ1) is 15.9. The zero-order valence-corrected chi connectivity index (χ0v) is 14.7. The van der Waals surface area contributed by atoms with Crippen molar-refractivity contribution in [3.63, 3.8) is 0 Å². The smallest absolute Gasteiger partial charge is 0.252 e. The predicted molar refractivity (Wildman–Crippen MR) is 88.1 cm³/mol. The molecular formula is C14H19Br2N3O. The summed E-state index contributed by atoms with van der Waals surface area (Å²) in [6.07, 6.45) is 0. The minimum atomic E-state index is -0.0349. The summed E-state index contributed by atoms with van der Waals surface area (Å²) in [6, 6.07) is 5.61. The highest BCUT2D eigenvalue weighted by molar-refractivity contribution is 9.11. The number of hydrogen-bond acceptors (Lipinski definition) is 3. The van der Waals surface area contributed by atoms with Crippen molar-refractivity contribution in [3.8, 4) is 0 Å². The number of carbonyl (C=O) groups is 1. The summed E-state index contributed by atoms with van der Waals surface area (Å²) in [5, 5.41) is 2.98. The van der Waals surface area contributed by atoms with Crippen LogP contribution in [0.1, 0.15) is 10.4 Å². The van der Waals surface area contributed by atoms with Crippen LogP contribution in [0.25, 0.3) is 0 Å². The van der Waals surface area contributed by atoms with E-state index in [0.29, 0.717) is 12.1 Å². The summed E-state index contributed by atoms with van der Waals surface area (Å²) in [5.41, 5.74) is 0.665. The van der Waals surface area contributed by atoms with E-state index >= 15 is 0 Å². The number of nitrogens with one attached hydrogen (secondary N) is 1. The third-order valence-electron chi connectivity index (χ3n) is 3.48. The van der Waals surface area contributed by atoms with Crippen LogP contribution in [0, 0.1) is 0 Å². The van der Waals surface area contributed by atoms with Gasteiger partial charge in [-0.25, -0.2) is 0 Å². The first-order chi connectivity index (χ1) is 9.56. The number of hydrogen-bond donors (Lipinski definition) is 1. The Balaban J connectivity index is 1.79. The Bertz CT molecular complexity index is 473. The topological polar surface area (TPSA) is 35.6 Å². The van der Waals surface area contributed by atoms with E-state index in [-0.39, 0.29) is 5.91 Å². The number of nitrogens with zero attached hydrogens (tertiary/aromatic N) is 2. The van der Waals surface area contributed by atoms with Crippen LogP contribution in [-0.4, -0.2) is 62.0 Å². The third kappa shape index (κ3) is 4.55. The Morgan fingerprint density at radius 2 is 1.95 bits per heavy atom. The minimum Gasteiger partial charge on any atom is -0.351 e. The molecule has 4 nitrogen and oxygen atoms in total. The van der Waals surface area contributed by atoms with E-state index in [9.17, 15) is 4.79 Å². The Kier molecular flexibility index (Phi) is 6.01. The molecule has 0 saturated carbocycles. The standard InChI is InChI=1S/C14H19Br2N3O/c1-18-6-8-19(9-7-18)5-4-17-14(20)12-10-11(15)2-3-13(12)16/h2-3,10H,4-9H2,1H3,(H,17,20). The summed E-state index contributed by atoms with van der Waals surface area (Å²) in [6.45, 7) is 5.95. The van der Waals surface area contributed by atoms with Gasteiger partial charge in [-0.2, -0.15) is 0 Å². The largest absolute Gasteiger partial charge is 0.351 e. The number of piperazine rings is 1. The summed E-state index contributed by atoms with van der Waals surface area (Å²) in [7, 11) is 2.14. The molecule has 20 heavy (non-hydrogen) atoms. The van der Waals surface area contributed by atoms with Crippen LogP contribution in [0.3, 0.4) is 0 Å². The molecule has 1 amide bonds. The van der Waals surface area contributed by atoms with Crippen molar-refractivity contribution in [1.29, 1.82) is 0 Å². The predicted octanol–water partition coefficient (Wildman–Crippen LogP) is 2.19. The van der Waals surface area contributed by atoms with Crippen LogP contribution in [0.4, 0.5) is 0 Å². The number of rotatable bonds is 4. The van der Waals surface area contributed by atoms with Gasteiger partial charge in [0.1, 0.15) is 0 Å². The zero-order valence-electron chi connectivity index (χ0n) is 11.5. The quantitative estimate of drug-likeness (QED) is 0.835. The van der Waals surface area contributed by atoms with E-state index in [0.717, 1.165) is 41.7 Å². The maximum Gasteiger partial charge on any atom is 0.252 e. The molecule has 1 aliphatic rings. The Morgan fingerprint density at radius 1 is 1.25 bits per heavy atom. The maximum absolute atomic E-state index is 12.1. The average Bonchev–Trinajstić information content (AvgIpc) is 2.43. The third-order valence-corrected chi connectivity index (χ3v) is 4.67. The normalized spacial score (nSPS) is 17.1. The van der Waals surface area contributed by atoms with Gasteiger partial charge in [-0.3, -0.25) is 9.69 Å². The molecule has 2 rings (SSSR count). The van der Waals surface area contributed by atoms with Crippen molar-refractivity contribution in [2.24, 2.45) is 0 Å². The van der Waals surface area contributed by atoms with Gasteiger partial charge in [-0.1, -0.05) is 15.9 Å². The lowest BCUT2D eigenvalue weighted by molar-refractivity contribution is 0.0940. The van der Waals surface area contributed by atoms with Gasteiger partial charge in [0.2, 0.25) is 0 Å².